The minimum absolute atomic E-state index is 0.342. The third-order valence-electron chi connectivity index (χ3n) is 6.65. The maximum Gasteiger partial charge on any atom is 0.340 e. The Bertz CT molecular complexity index is 1420. The monoisotopic (exact) mass is 494 g/mol. The predicted molar refractivity (Wildman–Crippen MR) is 143 cm³/mol. The molecule has 0 aliphatic carbocycles. The fourth-order valence-corrected chi connectivity index (χ4v) is 4.71. The Morgan fingerprint density at radius 3 is 2.59 bits per heavy atom. The second kappa shape index (κ2) is 10.9. The highest BCUT2D eigenvalue weighted by molar-refractivity contribution is 6.06. The summed E-state index contributed by atoms with van der Waals surface area (Å²) in [5, 5.41) is 3.50. The van der Waals surface area contributed by atoms with Gasteiger partial charge in [-0.2, -0.15) is 0 Å². The van der Waals surface area contributed by atoms with E-state index in [-0.39, 0.29) is 0 Å². The molecule has 0 saturated carbocycles. The van der Waals surface area contributed by atoms with Crippen molar-refractivity contribution >= 4 is 28.6 Å². The number of rotatable bonds is 7. The van der Waals surface area contributed by atoms with Crippen LogP contribution in [0.3, 0.4) is 0 Å². The number of hydrogen-bond acceptors (Lipinski definition) is 6. The van der Waals surface area contributed by atoms with E-state index >= 15 is 0 Å². The Morgan fingerprint density at radius 2 is 1.84 bits per heavy atom. The number of aryl methyl sites for hydroxylation is 1. The Morgan fingerprint density at radius 1 is 1.05 bits per heavy atom. The normalized spacial score (nSPS) is 14.1. The van der Waals surface area contributed by atoms with Gasteiger partial charge in [0, 0.05) is 48.9 Å². The Hall–Kier alpha value is -4.10. The SMILES string of the molecule is CCC(OC(=O)c1c2c(nc3ccccc13)CCN(Cc1ccccc1)C2)C(=O)Nc1ccc(C)cn1. The van der Waals surface area contributed by atoms with Crippen LogP contribution in [0.15, 0.2) is 72.9 Å². The van der Waals surface area contributed by atoms with Crippen LogP contribution in [0, 0.1) is 6.92 Å². The number of benzene rings is 2. The van der Waals surface area contributed by atoms with E-state index in [1.807, 2.05) is 62.4 Å². The van der Waals surface area contributed by atoms with Crippen LogP contribution < -0.4 is 5.32 Å². The second-order valence-electron chi connectivity index (χ2n) is 9.39. The molecule has 1 atom stereocenters. The van der Waals surface area contributed by atoms with Gasteiger partial charge in [-0.25, -0.2) is 9.78 Å². The van der Waals surface area contributed by atoms with Crippen molar-refractivity contribution in [3.63, 3.8) is 0 Å². The molecule has 2 aromatic heterocycles. The molecule has 5 rings (SSSR count). The van der Waals surface area contributed by atoms with Gasteiger partial charge in [-0.3, -0.25) is 14.7 Å². The summed E-state index contributed by atoms with van der Waals surface area (Å²) in [4.78, 5) is 38.1. The van der Waals surface area contributed by atoms with E-state index < -0.39 is 18.0 Å². The highest BCUT2D eigenvalue weighted by Gasteiger charge is 2.29. The van der Waals surface area contributed by atoms with Gasteiger partial charge < -0.3 is 10.1 Å². The van der Waals surface area contributed by atoms with Crippen LogP contribution in [0.2, 0.25) is 0 Å². The van der Waals surface area contributed by atoms with Crippen molar-refractivity contribution < 1.29 is 14.3 Å². The van der Waals surface area contributed by atoms with Crippen molar-refractivity contribution in [3.05, 3.63) is 101 Å². The molecule has 1 aliphatic heterocycles. The molecule has 0 saturated heterocycles. The summed E-state index contributed by atoms with van der Waals surface area (Å²) in [5.41, 5.74) is 5.25. The smallest absolute Gasteiger partial charge is 0.340 e. The number of nitrogens with zero attached hydrogens (tertiary/aromatic N) is 3. The minimum atomic E-state index is -0.942. The topological polar surface area (TPSA) is 84.4 Å². The van der Waals surface area contributed by atoms with E-state index in [1.165, 1.54) is 5.56 Å². The summed E-state index contributed by atoms with van der Waals surface area (Å²) < 4.78 is 5.85. The summed E-state index contributed by atoms with van der Waals surface area (Å²) in [7, 11) is 0. The van der Waals surface area contributed by atoms with E-state index in [0.717, 1.165) is 47.2 Å². The Balaban J connectivity index is 1.42. The lowest BCUT2D eigenvalue weighted by Gasteiger charge is -2.30. The van der Waals surface area contributed by atoms with E-state index in [0.29, 0.717) is 24.3 Å². The molecule has 0 fully saturated rings. The molecule has 37 heavy (non-hydrogen) atoms. The largest absolute Gasteiger partial charge is 0.449 e. The third-order valence-corrected chi connectivity index (χ3v) is 6.65. The molecular formula is C30H30N4O3. The molecule has 1 unspecified atom stereocenters. The molecule has 0 bridgehead atoms. The lowest BCUT2D eigenvalue weighted by atomic mass is 9.95. The number of aromatic nitrogens is 2. The van der Waals surface area contributed by atoms with Crippen molar-refractivity contribution in [3.8, 4) is 0 Å². The van der Waals surface area contributed by atoms with Crippen molar-refractivity contribution in [2.45, 2.75) is 45.9 Å². The highest BCUT2D eigenvalue weighted by atomic mass is 16.5. The summed E-state index contributed by atoms with van der Waals surface area (Å²) in [6, 6.07) is 21.5. The quantitative estimate of drug-likeness (QED) is 0.361. The molecule has 1 N–H and O–H groups in total. The van der Waals surface area contributed by atoms with Gasteiger partial charge in [0.1, 0.15) is 5.82 Å². The molecule has 7 heteroatoms. The molecule has 2 aromatic carbocycles. The van der Waals surface area contributed by atoms with Crippen molar-refractivity contribution in [2.24, 2.45) is 0 Å². The summed E-state index contributed by atoms with van der Waals surface area (Å²) in [6.45, 7) is 5.97. The number of hydrogen-bond donors (Lipinski definition) is 1. The van der Waals surface area contributed by atoms with Crippen molar-refractivity contribution in [1.82, 2.24) is 14.9 Å². The molecule has 4 aromatic rings. The third kappa shape index (κ3) is 5.52. The highest BCUT2D eigenvalue weighted by Crippen LogP contribution is 2.30. The zero-order valence-electron chi connectivity index (χ0n) is 21.1. The Labute approximate surface area is 216 Å². The van der Waals surface area contributed by atoms with E-state index in [4.69, 9.17) is 9.72 Å². The fourth-order valence-electron chi connectivity index (χ4n) is 4.71. The number of nitrogens with one attached hydrogen (secondary N) is 1. The average molecular weight is 495 g/mol. The standard InChI is InChI=1S/C30H30N4O3/c1-3-26(29(35)33-27-14-13-20(2)17-31-27)37-30(36)28-22-11-7-8-12-24(22)32-25-15-16-34(19-23(25)28)18-21-9-5-4-6-10-21/h4-14,17,26H,3,15-16,18-19H2,1-2H3,(H,31,33,35). The Kier molecular flexibility index (Phi) is 7.23. The predicted octanol–water partition coefficient (Wildman–Crippen LogP) is 5.07. The van der Waals surface area contributed by atoms with Crippen LogP contribution in [-0.2, 0) is 29.0 Å². The number of pyridine rings is 2. The maximum atomic E-state index is 13.7. The number of carbonyl (C=O) groups is 2. The minimum Gasteiger partial charge on any atom is -0.449 e. The average Bonchev–Trinajstić information content (AvgIpc) is 2.92. The van der Waals surface area contributed by atoms with Crippen molar-refractivity contribution in [1.29, 1.82) is 0 Å². The molecule has 188 valence electrons. The van der Waals surface area contributed by atoms with E-state index in [1.54, 1.807) is 12.3 Å². The van der Waals surface area contributed by atoms with Gasteiger partial charge in [-0.1, -0.05) is 61.5 Å². The first-order valence-corrected chi connectivity index (χ1v) is 12.6. The van der Waals surface area contributed by atoms with E-state index in [9.17, 15) is 9.59 Å². The molecule has 0 spiro atoms. The van der Waals surface area contributed by atoms with Gasteiger partial charge in [0.15, 0.2) is 6.10 Å². The van der Waals surface area contributed by atoms with Crippen LogP contribution in [0.1, 0.15) is 46.1 Å². The molecule has 1 aliphatic rings. The lowest BCUT2D eigenvalue weighted by Crippen LogP contribution is -2.35. The maximum absolute atomic E-state index is 13.7. The molecule has 1 amide bonds. The van der Waals surface area contributed by atoms with Crippen LogP contribution in [0.25, 0.3) is 10.9 Å². The summed E-state index contributed by atoms with van der Waals surface area (Å²) in [6.07, 6.45) is 1.82. The van der Waals surface area contributed by atoms with Crippen LogP contribution in [0.5, 0.6) is 0 Å². The number of anilines is 1. The number of amides is 1. The van der Waals surface area contributed by atoms with Crippen molar-refractivity contribution in [2.75, 3.05) is 11.9 Å². The van der Waals surface area contributed by atoms with E-state index in [2.05, 4.69) is 27.3 Å². The van der Waals surface area contributed by atoms with Gasteiger partial charge >= 0.3 is 5.97 Å². The number of para-hydroxylation sites is 1. The molecule has 3 heterocycles. The molecular weight excluding hydrogens is 464 g/mol. The molecule has 7 nitrogen and oxygen atoms in total. The zero-order chi connectivity index (χ0) is 25.8. The lowest BCUT2D eigenvalue weighted by molar-refractivity contribution is -0.124. The molecule has 0 radical (unpaired) electrons. The van der Waals surface area contributed by atoms with Gasteiger partial charge in [-0.15, -0.1) is 0 Å². The summed E-state index contributed by atoms with van der Waals surface area (Å²) >= 11 is 0. The number of fused-ring (bicyclic) bond motifs is 2. The van der Waals surface area contributed by atoms with Crippen LogP contribution >= 0.6 is 0 Å². The first-order chi connectivity index (χ1) is 18.0. The second-order valence-corrected chi connectivity index (χ2v) is 9.39. The zero-order valence-corrected chi connectivity index (χ0v) is 21.1. The number of esters is 1. The van der Waals surface area contributed by atoms with Gasteiger partial charge in [0.25, 0.3) is 5.91 Å². The number of ether oxygens (including phenoxy) is 1. The first-order valence-electron chi connectivity index (χ1n) is 12.6. The van der Waals surface area contributed by atoms with Crippen LogP contribution in [0.4, 0.5) is 5.82 Å². The van der Waals surface area contributed by atoms with Gasteiger partial charge in [0.05, 0.1) is 11.1 Å². The summed E-state index contributed by atoms with van der Waals surface area (Å²) in [5.74, 6) is -0.478. The van der Waals surface area contributed by atoms with Gasteiger partial charge in [0.2, 0.25) is 0 Å². The van der Waals surface area contributed by atoms with Crippen LogP contribution in [-0.4, -0.2) is 39.4 Å². The van der Waals surface area contributed by atoms with Gasteiger partial charge in [-0.05, 0) is 36.6 Å². The first kappa shape index (κ1) is 24.6. The fraction of sp³-hybridized carbons (Fsp3) is 0.267. The number of carbonyl (C=O) groups excluding carboxylic acids is 2.